The average Bonchev–Trinajstić information content (AvgIpc) is 3.22. The first-order chi connectivity index (χ1) is 11.5. The average molecular weight is 349 g/mol. The Morgan fingerprint density at radius 2 is 2.00 bits per heavy atom. The number of ether oxygens (including phenoxy) is 1. The van der Waals surface area contributed by atoms with Crippen LogP contribution in [0.15, 0.2) is 33.7 Å². The molecular formula is C16H19N3O4S. The molecule has 2 aromatic rings. The molecule has 128 valence electrons. The third kappa shape index (κ3) is 2.45. The molecule has 8 heteroatoms. The van der Waals surface area contributed by atoms with Crippen molar-refractivity contribution < 1.29 is 17.7 Å². The van der Waals surface area contributed by atoms with Crippen molar-refractivity contribution in [3.05, 3.63) is 41.5 Å². The van der Waals surface area contributed by atoms with Crippen LogP contribution in [0.25, 0.3) is 0 Å². The van der Waals surface area contributed by atoms with E-state index >= 15 is 0 Å². The summed E-state index contributed by atoms with van der Waals surface area (Å²) in [6.45, 7) is 4.85. The lowest BCUT2D eigenvalue weighted by molar-refractivity contribution is 0.105. The van der Waals surface area contributed by atoms with Gasteiger partial charge >= 0.3 is 0 Å². The minimum absolute atomic E-state index is 0.0450. The first-order valence-corrected chi connectivity index (χ1v) is 9.38. The Balaban J connectivity index is 1.60. The lowest BCUT2D eigenvalue weighted by Crippen LogP contribution is -2.31. The van der Waals surface area contributed by atoms with Crippen molar-refractivity contribution in [2.75, 3.05) is 19.7 Å². The van der Waals surface area contributed by atoms with Gasteiger partial charge in [-0.1, -0.05) is 23.4 Å². The van der Waals surface area contributed by atoms with E-state index in [-0.39, 0.29) is 17.9 Å². The standard InChI is InChI=1S/C16H19N3O4S/c1-10-5-3-4-6-15(10)24(20,21)19-7-12-13(9-22-14(12)8-19)16-17-11(2)18-23-16/h3-6,12-14H,7-9H2,1-2H3/t12-,13+,14-/m1/s1. The zero-order valence-corrected chi connectivity index (χ0v) is 14.4. The molecule has 2 fully saturated rings. The molecule has 1 aromatic carbocycles. The van der Waals surface area contributed by atoms with Gasteiger partial charge in [0.2, 0.25) is 15.9 Å². The van der Waals surface area contributed by atoms with Crippen LogP contribution in [0.1, 0.15) is 23.2 Å². The summed E-state index contributed by atoms with van der Waals surface area (Å²) in [6, 6.07) is 7.05. The van der Waals surface area contributed by atoms with Crippen molar-refractivity contribution in [3.8, 4) is 0 Å². The molecule has 2 saturated heterocycles. The van der Waals surface area contributed by atoms with Gasteiger partial charge in [0.15, 0.2) is 5.82 Å². The largest absolute Gasteiger partial charge is 0.376 e. The number of aromatic nitrogens is 2. The third-order valence-corrected chi connectivity index (χ3v) is 6.85. The van der Waals surface area contributed by atoms with Gasteiger partial charge in [0.25, 0.3) is 0 Å². The fraction of sp³-hybridized carbons (Fsp3) is 0.500. The molecule has 0 amide bonds. The molecule has 3 atom stereocenters. The molecule has 24 heavy (non-hydrogen) atoms. The van der Waals surface area contributed by atoms with E-state index in [1.54, 1.807) is 19.1 Å². The van der Waals surface area contributed by atoms with Gasteiger partial charge in [0.05, 0.1) is 23.5 Å². The molecule has 0 spiro atoms. The Labute approximate surface area is 140 Å². The molecule has 4 rings (SSSR count). The molecule has 0 N–H and O–H groups in total. The molecule has 2 aliphatic heterocycles. The van der Waals surface area contributed by atoms with Gasteiger partial charge in [-0.3, -0.25) is 0 Å². The smallest absolute Gasteiger partial charge is 0.243 e. The van der Waals surface area contributed by atoms with Gasteiger partial charge in [-0.25, -0.2) is 8.42 Å². The van der Waals surface area contributed by atoms with E-state index in [1.165, 1.54) is 4.31 Å². The van der Waals surface area contributed by atoms with Crippen LogP contribution in [0.3, 0.4) is 0 Å². The normalized spacial score (nSPS) is 27.5. The molecular weight excluding hydrogens is 330 g/mol. The van der Waals surface area contributed by atoms with E-state index < -0.39 is 10.0 Å². The van der Waals surface area contributed by atoms with Crippen molar-refractivity contribution in [1.82, 2.24) is 14.4 Å². The highest BCUT2D eigenvalue weighted by Crippen LogP contribution is 2.41. The van der Waals surface area contributed by atoms with E-state index in [0.29, 0.717) is 36.3 Å². The van der Waals surface area contributed by atoms with Gasteiger partial charge in [0.1, 0.15) is 0 Å². The lowest BCUT2D eigenvalue weighted by atomic mass is 9.93. The molecule has 3 heterocycles. The van der Waals surface area contributed by atoms with Gasteiger partial charge in [-0.05, 0) is 25.5 Å². The number of rotatable bonds is 3. The highest BCUT2D eigenvalue weighted by Gasteiger charge is 2.49. The molecule has 2 aliphatic rings. The molecule has 0 radical (unpaired) electrons. The van der Waals surface area contributed by atoms with Gasteiger partial charge in [-0.2, -0.15) is 9.29 Å². The van der Waals surface area contributed by atoms with Crippen LogP contribution in [-0.4, -0.2) is 48.7 Å². The lowest BCUT2D eigenvalue weighted by Gasteiger charge is -2.19. The van der Waals surface area contributed by atoms with Crippen LogP contribution in [0.5, 0.6) is 0 Å². The minimum Gasteiger partial charge on any atom is -0.376 e. The first kappa shape index (κ1) is 15.7. The number of hydrogen-bond donors (Lipinski definition) is 0. The summed E-state index contributed by atoms with van der Waals surface area (Å²) >= 11 is 0. The maximum atomic E-state index is 13.0. The molecule has 0 aliphatic carbocycles. The number of benzene rings is 1. The Kier molecular flexibility index (Phi) is 3.70. The van der Waals surface area contributed by atoms with E-state index in [2.05, 4.69) is 10.1 Å². The summed E-state index contributed by atoms with van der Waals surface area (Å²) in [6.07, 6.45) is -0.124. The summed E-state index contributed by atoms with van der Waals surface area (Å²) < 4.78 is 38.5. The van der Waals surface area contributed by atoms with Crippen molar-refractivity contribution in [2.45, 2.75) is 30.8 Å². The minimum atomic E-state index is -3.53. The van der Waals surface area contributed by atoms with Crippen molar-refractivity contribution >= 4 is 10.0 Å². The Hall–Kier alpha value is -1.77. The predicted molar refractivity (Wildman–Crippen MR) is 84.9 cm³/mol. The van der Waals surface area contributed by atoms with Crippen molar-refractivity contribution in [3.63, 3.8) is 0 Å². The van der Waals surface area contributed by atoms with Crippen LogP contribution in [-0.2, 0) is 14.8 Å². The fourth-order valence-electron chi connectivity index (χ4n) is 3.58. The second kappa shape index (κ2) is 5.65. The van der Waals surface area contributed by atoms with E-state index in [9.17, 15) is 8.42 Å². The van der Waals surface area contributed by atoms with Crippen LogP contribution < -0.4 is 0 Å². The second-order valence-corrected chi connectivity index (χ2v) is 8.32. The van der Waals surface area contributed by atoms with Crippen molar-refractivity contribution in [2.24, 2.45) is 5.92 Å². The summed E-state index contributed by atoms with van der Waals surface area (Å²) in [4.78, 5) is 4.64. The fourth-order valence-corrected chi connectivity index (χ4v) is 5.29. The van der Waals surface area contributed by atoms with Crippen LogP contribution in [0.4, 0.5) is 0 Å². The predicted octanol–water partition coefficient (Wildman–Crippen LogP) is 1.49. The first-order valence-electron chi connectivity index (χ1n) is 7.94. The Bertz CT molecular complexity index is 864. The van der Waals surface area contributed by atoms with E-state index in [1.807, 2.05) is 19.1 Å². The summed E-state index contributed by atoms with van der Waals surface area (Å²) in [7, 11) is -3.53. The summed E-state index contributed by atoms with van der Waals surface area (Å²) in [5, 5.41) is 3.83. The SMILES string of the molecule is Cc1noc([C@H]2CO[C@@H]3CN(S(=O)(=O)c4ccccc4C)C[C@H]23)n1. The second-order valence-electron chi connectivity index (χ2n) is 6.41. The number of nitrogens with zero attached hydrogens (tertiary/aromatic N) is 3. The van der Waals surface area contributed by atoms with E-state index in [4.69, 9.17) is 9.26 Å². The van der Waals surface area contributed by atoms with Crippen LogP contribution in [0, 0.1) is 19.8 Å². The van der Waals surface area contributed by atoms with Gasteiger partial charge < -0.3 is 9.26 Å². The molecule has 0 saturated carbocycles. The maximum absolute atomic E-state index is 13.0. The number of hydrogen-bond acceptors (Lipinski definition) is 6. The Morgan fingerprint density at radius 1 is 1.21 bits per heavy atom. The highest BCUT2D eigenvalue weighted by molar-refractivity contribution is 7.89. The molecule has 1 aromatic heterocycles. The zero-order valence-electron chi connectivity index (χ0n) is 13.5. The number of fused-ring (bicyclic) bond motifs is 1. The van der Waals surface area contributed by atoms with Gasteiger partial charge in [0, 0.05) is 19.0 Å². The quantitative estimate of drug-likeness (QED) is 0.834. The third-order valence-electron chi connectivity index (χ3n) is 4.85. The highest BCUT2D eigenvalue weighted by atomic mass is 32.2. The zero-order chi connectivity index (χ0) is 16.9. The van der Waals surface area contributed by atoms with E-state index in [0.717, 1.165) is 5.56 Å². The summed E-state index contributed by atoms with van der Waals surface area (Å²) in [5.74, 6) is 1.11. The van der Waals surface area contributed by atoms with Crippen LogP contribution in [0.2, 0.25) is 0 Å². The number of aryl methyl sites for hydroxylation is 2. The maximum Gasteiger partial charge on any atom is 0.243 e. The number of sulfonamides is 1. The molecule has 0 unspecified atom stereocenters. The Morgan fingerprint density at radius 3 is 2.71 bits per heavy atom. The molecule has 0 bridgehead atoms. The van der Waals surface area contributed by atoms with Gasteiger partial charge in [-0.15, -0.1) is 0 Å². The molecule has 7 nitrogen and oxygen atoms in total. The van der Waals surface area contributed by atoms with Crippen LogP contribution >= 0.6 is 0 Å². The monoisotopic (exact) mass is 349 g/mol. The van der Waals surface area contributed by atoms with Crippen molar-refractivity contribution in [1.29, 1.82) is 0 Å². The topological polar surface area (TPSA) is 85.5 Å². The summed E-state index contributed by atoms with van der Waals surface area (Å²) in [5.41, 5.74) is 0.750.